The average Bonchev–Trinajstić information content (AvgIpc) is 2.27. The van der Waals surface area contributed by atoms with Crippen LogP contribution in [0.3, 0.4) is 0 Å². The highest BCUT2D eigenvalue weighted by atomic mass is 19.1. The van der Waals surface area contributed by atoms with Crippen molar-refractivity contribution in [3.8, 4) is 5.75 Å². The molecule has 0 radical (unpaired) electrons. The van der Waals surface area contributed by atoms with Gasteiger partial charge < -0.3 is 10.5 Å². The Kier molecular flexibility index (Phi) is 3.44. The molecule has 3 heteroatoms. The number of halogens is 1. The molecular formula is C13H18FNO. The predicted octanol–water partition coefficient (Wildman–Crippen LogP) is 2.78. The summed E-state index contributed by atoms with van der Waals surface area (Å²) in [5.74, 6) is 0.0331. The average molecular weight is 223 g/mol. The number of ether oxygens (including phenoxy) is 1. The summed E-state index contributed by atoms with van der Waals surface area (Å²) in [5, 5.41) is 0. The fourth-order valence-corrected chi connectivity index (χ4v) is 2.14. The molecule has 2 rings (SSSR count). The maximum absolute atomic E-state index is 13.5. The molecule has 1 aliphatic rings. The third kappa shape index (κ3) is 2.53. The maximum Gasteiger partial charge on any atom is 0.165 e. The second-order valence-electron chi connectivity index (χ2n) is 4.54. The Hall–Kier alpha value is -1.09. The van der Waals surface area contributed by atoms with Crippen LogP contribution in [0, 0.1) is 12.7 Å². The van der Waals surface area contributed by atoms with Crippen LogP contribution in [0.25, 0.3) is 0 Å². The Bertz CT molecular complexity index is 367. The fourth-order valence-electron chi connectivity index (χ4n) is 2.14. The van der Waals surface area contributed by atoms with Gasteiger partial charge in [-0.3, -0.25) is 0 Å². The van der Waals surface area contributed by atoms with Gasteiger partial charge in [-0.15, -0.1) is 0 Å². The lowest BCUT2D eigenvalue weighted by Crippen LogP contribution is -2.41. The van der Waals surface area contributed by atoms with Crippen molar-refractivity contribution in [3.05, 3.63) is 29.6 Å². The first-order chi connectivity index (χ1) is 7.66. The molecule has 88 valence electrons. The van der Waals surface area contributed by atoms with Gasteiger partial charge in [-0.25, -0.2) is 4.39 Å². The Labute approximate surface area is 95.6 Å². The summed E-state index contributed by atoms with van der Waals surface area (Å²) in [5.41, 5.74) is 6.97. The lowest BCUT2D eigenvalue weighted by molar-refractivity contribution is 0.127. The lowest BCUT2D eigenvalue weighted by atomic mass is 9.93. The van der Waals surface area contributed by atoms with Crippen molar-refractivity contribution in [1.82, 2.24) is 0 Å². The molecule has 1 saturated carbocycles. The van der Waals surface area contributed by atoms with Gasteiger partial charge in [0.2, 0.25) is 0 Å². The highest BCUT2D eigenvalue weighted by Crippen LogP contribution is 2.25. The zero-order valence-corrected chi connectivity index (χ0v) is 9.58. The van der Waals surface area contributed by atoms with E-state index in [4.69, 9.17) is 10.5 Å². The van der Waals surface area contributed by atoms with Gasteiger partial charge in [0.1, 0.15) is 6.10 Å². The molecule has 0 saturated heterocycles. The third-order valence-corrected chi connectivity index (χ3v) is 3.12. The summed E-state index contributed by atoms with van der Waals surface area (Å²) in [6.45, 7) is 1.92. The SMILES string of the molecule is Cc1ccc(F)c(OC2CCCCC2N)c1. The number of hydrogen-bond donors (Lipinski definition) is 1. The van der Waals surface area contributed by atoms with E-state index in [1.807, 2.05) is 6.92 Å². The Morgan fingerprint density at radius 1 is 1.31 bits per heavy atom. The molecule has 2 unspecified atom stereocenters. The standard InChI is InChI=1S/C13H18FNO/c1-9-6-7-10(14)13(8-9)16-12-5-3-2-4-11(12)15/h6-8,11-12H,2-5,15H2,1H3. The summed E-state index contributed by atoms with van der Waals surface area (Å²) in [4.78, 5) is 0. The highest BCUT2D eigenvalue weighted by Gasteiger charge is 2.24. The van der Waals surface area contributed by atoms with Crippen molar-refractivity contribution in [2.24, 2.45) is 5.73 Å². The second-order valence-corrected chi connectivity index (χ2v) is 4.54. The Morgan fingerprint density at radius 3 is 2.81 bits per heavy atom. The lowest BCUT2D eigenvalue weighted by Gasteiger charge is -2.29. The normalized spacial score (nSPS) is 25.4. The van der Waals surface area contributed by atoms with E-state index in [1.165, 1.54) is 6.07 Å². The molecule has 1 aliphatic carbocycles. The van der Waals surface area contributed by atoms with Gasteiger partial charge in [-0.2, -0.15) is 0 Å². The molecular weight excluding hydrogens is 205 g/mol. The van der Waals surface area contributed by atoms with Gasteiger partial charge in [-0.1, -0.05) is 12.5 Å². The molecule has 1 aromatic rings. The van der Waals surface area contributed by atoms with E-state index in [9.17, 15) is 4.39 Å². The van der Waals surface area contributed by atoms with E-state index in [2.05, 4.69) is 0 Å². The van der Waals surface area contributed by atoms with Gasteiger partial charge >= 0.3 is 0 Å². The number of nitrogens with two attached hydrogens (primary N) is 1. The monoisotopic (exact) mass is 223 g/mol. The van der Waals surface area contributed by atoms with E-state index in [-0.39, 0.29) is 18.0 Å². The number of rotatable bonds is 2. The van der Waals surface area contributed by atoms with Gasteiger partial charge in [0.25, 0.3) is 0 Å². The molecule has 16 heavy (non-hydrogen) atoms. The van der Waals surface area contributed by atoms with Crippen LogP contribution >= 0.6 is 0 Å². The first-order valence-electron chi connectivity index (χ1n) is 5.85. The third-order valence-electron chi connectivity index (χ3n) is 3.12. The van der Waals surface area contributed by atoms with Crippen molar-refractivity contribution in [2.75, 3.05) is 0 Å². The topological polar surface area (TPSA) is 35.2 Å². The molecule has 0 bridgehead atoms. The molecule has 1 fully saturated rings. The molecule has 2 N–H and O–H groups in total. The quantitative estimate of drug-likeness (QED) is 0.836. The minimum absolute atomic E-state index is 0.0358. The van der Waals surface area contributed by atoms with E-state index in [0.29, 0.717) is 5.75 Å². The van der Waals surface area contributed by atoms with Crippen molar-refractivity contribution in [2.45, 2.75) is 44.8 Å². The number of hydrogen-bond acceptors (Lipinski definition) is 2. The second kappa shape index (κ2) is 4.83. The van der Waals surface area contributed by atoms with E-state index < -0.39 is 0 Å². The summed E-state index contributed by atoms with van der Waals surface area (Å²) in [6, 6.07) is 4.95. The van der Waals surface area contributed by atoms with E-state index >= 15 is 0 Å². The molecule has 0 amide bonds. The number of benzene rings is 1. The van der Waals surface area contributed by atoms with Crippen LogP contribution < -0.4 is 10.5 Å². The van der Waals surface area contributed by atoms with Gasteiger partial charge in [0, 0.05) is 6.04 Å². The van der Waals surface area contributed by atoms with E-state index in [1.54, 1.807) is 12.1 Å². The molecule has 0 spiro atoms. The van der Waals surface area contributed by atoms with Crippen LogP contribution in [0.15, 0.2) is 18.2 Å². The van der Waals surface area contributed by atoms with Crippen LogP contribution in [0.4, 0.5) is 4.39 Å². The van der Waals surface area contributed by atoms with Gasteiger partial charge in [0.05, 0.1) is 0 Å². The van der Waals surface area contributed by atoms with Gasteiger partial charge in [-0.05, 0) is 43.9 Å². The molecule has 1 aromatic carbocycles. The number of aryl methyl sites for hydroxylation is 1. The van der Waals surface area contributed by atoms with Crippen LogP contribution in [-0.4, -0.2) is 12.1 Å². The molecule has 2 atom stereocenters. The maximum atomic E-state index is 13.5. The first kappa shape index (κ1) is 11.4. The van der Waals surface area contributed by atoms with Crippen LogP contribution in [-0.2, 0) is 0 Å². The zero-order chi connectivity index (χ0) is 11.5. The molecule has 2 nitrogen and oxygen atoms in total. The fraction of sp³-hybridized carbons (Fsp3) is 0.538. The van der Waals surface area contributed by atoms with Crippen molar-refractivity contribution in [1.29, 1.82) is 0 Å². The summed E-state index contributed by atoms with van der Waals surface area (Å²) < 4.78 is 19.2. The molecule has 0 heterocycles. The van der Waals surface area contributed by atoms with Crippen LogP contribution in [0.1, 0.15) is 31.2 Å². The Morgan fingerprint density at radius 2 is 2.06 bits per heavy atom. The van der Waals surface area contributed by atoms with Gasteiger partial charge in [0.15, 0.2) is 11.6 Å². The van der Waals surface area contributed by atoms with Crippen molar-refractivity contribution in [3.63, 3.8) is 0 Å². The zero-order valence-electron chi connectivity index (χ0n) is 9.58. The van der Waals surface area contributed by atoms with E-state index in [0.717, 1.165) is 31.2 Å². The first-order valence-corrected chi connectivity index (χ1v) is 5.85. The van der Waals surface area contributed by atoms with Crippen LogP contribution in [0.5, 0.6) is 5.75 Å². The largest absolute Gasteiger partial charge is 0.486 e. The highest BCUT2D eigenvalue weighted by molar-refractivity contribution is 5.29. The van der Waals surface area contributed by atoms with Crippen molar-refractivity contribution >= 4 is 0 Å². The molecule has 0 aromatic heterocycles. The minimum atomic E-state index is -0.302. The minimum Gasteiger partial charge on any atom is -0.486 e. The summed E-state index contributed by atoms with van der Waals surface area (Å²) >= 11 is 0. The summed E-state index contributed by atoms with van der Waals surface area (Å²) in [7, 11) is 0. The van der Waals surface area contributed by atoms with Crippen molar-refractivity contribution < 1.29 is 9.13 Å². The smallest absolute Gasteiger partial charge is 0.165 e. The molecule has 0 aliphatic heterocycles. The predicted molar refractivity (Wildman–Crippen MR) is 62.0 cm³/mol. The van der Waals surface area contributed by atoms with Crippen LogP contribution in [0.2, 0.25) is 0 Å². The Balaban J connectivity index is 2.10. The summed E-state index contributed by atoms with van der Waals surface area (Å²) in [6.07, 6.45) is 4.13.